The van der Waals surface area contributed by atoms with Crippen LogP contribution in [-0.4, -0.2) is 49.1 Å². The summed E-state index contributed by atoms with van der Waals surface area (Å²) < 4.78 is 19.0. The highest BCUT2D eigenvalue weighted by atomic mass is 19.1. The molecule has 5 nitrogen and oxygen atoms in total. The van der Waals surface area contributed by atoms with E-state index in [1.165, 1.54) is 12.1 Å². The maximum Gasteiger partial charge on any atom is 0.317 e. The van der Waals surface area contributed by atoms with Gasteiger partial charge in [0.2, 0.25) is 0 Å². The van der Waals surface area contributed by atoms with Crippen molar-refractivity contribution in [1.82, 2.24) is 15.1 Å². The van der Waals surface area contributed by atoms with Crippen LogP contribution in [0.4, 0.5) is 9.18 Å². The van der Waals surface area contributed by atoms with E-state index < -0.39 is 0 Å². The molecule has 1 aliphatic rings. The predicted octanol–water partition coefficient (Wildman–Crippen LogP) is 4.91. The summed E-state index contributed by atoms with van der Waals surface area (Å²) in [6.45, 7) is 8.63. The van der Waals surface area contributed by atoms with Gasteiger partial charge in [-0.15, -0.1) is 0 Å². The molecule has 1 aliphatic heterocycles. The maximum atomic E-state index is 13.3. The number of hydrogen-bond donors (Lipinski definition) is 1. The highest BCUT2D eigenvalue weighted by molar-refractivity contribution is 5.74. The molecule has 1 heterocycles. The van der Waals surface area contributed by atoms with Gasteiger partial charge >= 0.3 is 6.03 Å². The van der Waals surface area contributed by atoms with E-state index in [-0.39, 0.29) is 11.8 Å². The molecule has 2 amide bonds. The normalized spacial score (nSPS) is 16.7. The van der Waals surface area contributed by atoms with Crippen LogP contribution in [-0.2, 0) is 13.1 Å². The number of hydrogen-bond acceptors (Lipinski definition) is 3. The SMILES string of the molecule is CC(C)COc1ccc(CNC(=O)N(Cc2ccc(F)cc2)C[C@@H]2CCCN(C)C2)cc1. The highest BCUT2D eigenvalue weighted by Crippen LogP contribution is 2.19. The first-order valence-corrected chi connectivity index (χ1v) is 11.6. The Hall–Kier alpha value is -2.60. The average molecular weight is 442 g/mol. The van der Waals surface area contributed by atoms with Crippen LogP contribution in [0.25, 0.3) is 0 Å². The fourth-order valence-corrected chi connectivity index (χ4v) is 4.02. The van der Waals surface area contributed by atoms with E-state index in [0.717, 1.165) is 42.8 Å². The Kier molecular flexibility index (Phi) is 8.91. The van der Waals surface area contributed by atoms with Crippen molar-refractivity contribution >= 4 is 6.03 Å². The molecule has 32 heavy (non-hydrogen) atoms. The fraction of sp³-hybridized carbons (Fsp3) is 0.500. The third kappa shape index (κ3) is 7.83. The topological polar surface area (TPSA) is 44.8 Å². The molecule has 6 heteroatoms. The van der Waals surface area contributed by atoms with Crippen molar-refractivity contribution in [2.24, 2.45) is 11.8 Å². The van der Waals surface area contributed by atoms with Crippen LogP contribution in [0.1, 0.15) is 37.8 Å². The summed E-state index contributed by atoms with van der Waals surface area (Å²) >= 11 is 0. The van der Waals surface area contributed by atoms with Crippen molar-refractivity contribution in [3.8, 4) is 5.75 Å². The van der Waals surface area contributed by atoms with Gasteiger partial charge in [-0.3, -0.25) is 0 Å². The van der Waals surface area contributed by atoms with E-state index in [0.29, 0.717) is 38.1 Å². The summed E-state index contributed by atoms with van der Waals surface area (Å²) in [5.74, 6) is 1.50. The summed E-state index contributed by atoms with van der Waals surface area (Å²) in [7, 11) is 2.13. The minimum absolute atomic E-state index is 0.0947. The lowest BCUT2D eigenvalue weighted by Gasteiger charge is -2.34. The van der Waals surface area contributed by atoms with Gasteiger partial charge in [0.15, 0.2) is 0 Å². The first-order valence-electron chi connectivity index (χ1n) is 11.6. The van der Waals surface area contributed by atoms with Crippen molar-refractivity contribution in [3.63, 3.8) is 0 Å². The van der Waals surface area contributed by atoms with Crippen molar-refractivity contribution < 1.29 is 13.9 Å². The minimum atomic E-state index is -0.264. The average Bonchev–Trinajstić information content (AvgIpc) is 2.78. The van der Waals surface area contributed by atoms with Gasteiger partial charge in [-0.2, -0.15) is 0 Å². The van der Waals surface area contributed by atoms with Gasteiger partial charge in [-0.05, 0) is 73.7 Å². The van der Waals surface area contributed by atoms with Crippen molar-refractivity contribution in [1.29, 1.82) is 0 Å². The molecule has 0 aromatic heterocycles. The van der Waals surface area contributed by atoms with Crippen molar-refractivity contribution in [3.05, 3.63) is 65.5 Å². The maximum absolute atomic E-state index is 13.3. The number of piperidine rings is 1. The second kappa shape index (κ2) is 11.9. The minimum Gasteiger partial charge on any atom is -0.493 e. The molecule has 0 radical (unpaired) electrons. The van der Waals surface area contributed by atoms with Crippen molar-refractivity contribution in [2.75, 3.05) is 33.3 Å². The molecule has 1 saturated heterocycles. The third-order valence-electron chi connectivity index (χ3n) is 5.72. The van der Waals surface area contributed by atoms with Gasteiger partial charge in [-0.1, -0.05) is 38.1 Å². The van der Waals surface area contributed by atoms with Crippen LogP contribution in [0.3, 0.4) is 0 Å². The molecule has 2 aromatic rings. The molecule has 0 saturated carbocycles. The lowest BCUT2D eigenvalue weighted by atomic mass is 9.97. The van der Waals surface area contributed by atoms with E-state index in [4.69, 9.17) is 4.74 Å². The molecule has 0 unspecified atom stereocenters. The Morgan fingerprint density at radius 2 is 1.84 bits per heavy atom. The molecule has 2 aromatic carbocycles. The van der Waals surface area contributed by atoms with Gasteiger partial charge in [0.05, 0.1) is 6.61 Å². The summed E-state index contributed by atoms with van der Waals surface area (Å²) in [5, 5.41) is 3.06. The van der Waals surface area contributed by atoms with Crippen LogP contribution in [0.2, 0.25) is 0 Å². The first-order chi connectivity index (χ1) is 15.4. The molecule has 3 rings (SSSR count). The zero-order valence-corrected chi connectivity index (χ0v) is 19.5. The van der Waals surface area contributed by atoms with Crippen LogP contribution in [0.5, 0.6) is 5.75 Å². The number of nitrogens with one attached hydrogen (secondary N) is 1. The number of nitrogens with zero attached hydrogens (tertiary/aromatic N) is 2. The Bertz CT molecular complexity index is 839. The summed E-state index contributed by atoms with van der Waals surface area (Å²) in [5.41, 5.74) is 1.95. The van der Waals surface area contributed by atoms with Gasteiger partial charge in [0.1, 0.15) is 11.6 Å². The molecule has 174 valence electrons. The fourth-order valence-electron chi connectivity index (χ4n) is 4.02. The van der Waals surface area contributed by atoms with Gasteiger partial charge in [-0.25, -0.2) is 9.18 Å². The van der Waals surface area contributed by atoms with Gasteiger partial charge in [0.25, 0.3) is 0 Å². The lowest BCUT2D eigenvalue weighted by Crippen LogP contribution is -2.45. The van der Waals surface area contributed by atoms with Crippen LogP contribution < -0.4 is 10.1 Å². The zero-order valence-electron chi connectivity index (χ0n) is 19.5. The number of urea groups is 1. The molecule has 1 N–H and O–H groups in total. The molecule has 1 atom stereocenters. The van der Waals surface area contributed by atoms with E-state index >= 15 is 0 Å². The third-order valence-corrected chi connectivity index (χ3v) is 5.72. The summed E-state index contributed by atoms with van der Waals surface area (Å²) in [6.07, 6.45) is 2.27. The molecule has 0 spiro atoms. The van der Waals surface area contributed by atoms with Crippen LogP contribution >= 0.6 is 0 Å². The molecular formula is C26H36FN3O2. The number of amides is 2. The Balaban J connectivity index is 1.59. The Morgan fingerprint density at radius 3 is 2.50 bits per heavy atom. The lowest BCUT2D eigenvalue weighted by molar-refractivity contribution is 0.149. The number of likely N-dealkylation sites (tertiary alicyclic amines) is 1. The number of halogens is 1. The van der Waals surface area contributed by atoms with Crippen LogP contribution in [0, 0.1) is 17.7 Å². The van der Waals surface area contributed by atoms with Crippen LogP contribution in [0.15, 0.2) is 48.5 Å². The van der Waals surface area contributed by atoms with Gasteiger partial charge < -0.3 is 19.9 Å². The highest BCUT2D eigenvalue weighted by Gasteiger charge is 2.23. The second-order valence-corrected chi connectivity index (χ2v) is 9.28. The molecule has 1 fully saturated rings. The molecule has 0 bridgehead atoms. The Labute approximate surface area is 191 Å². The number of ether oxygens (including phenoxy) is 1. The number of benzene rings is 2. The quantitative estimate of drug-likeness (QED) is 0.601. The number of carbonyl (C=O) groups excluding carboxylic acids is 1. The summed E-state index contributed by atoms with van der Waals surface area (Å²) in [4.78, 5) is 17.3. The van der Waals surface area contributed by atoms with E-state index in [9.17, 15) is 9.18 Å². The number of rotatable bonds is 9. The summed E-state index contributed by atoms with van der Waals surface area (Å²) in [6, 6.07) is 14.1. The second-order valence-electron chi connectivity index (χ2n) is 9.28. The van der Waals surface area contributed by atoms with Gasteiger partial charge in [0, 0.05) is 26.2 Å². The number of carbonyl (C=O) groups is 1. The van der Waals surface area contributed by atoms with E-state index in [2.05, 4.69) is 31.1 Å². The standard InChI is InChI=1S/C26H36FN3O2/c1-20(2)19-32-25-12-8-21(9-13-25)15-28-26(31)30(17-22-6-10-24(27)11-7-22)18-23-5-4-14-29(3)16-23/h6-13,20,23H,4-5,14-19H2,1-3H3,(H,28,31)/t23-/m1/s1. The molecular weight excluding hydrogens is 405 g/mol. The van der Waals surface area contributed by atoms with E-state index in [1.807, 2.05) is 29.2 Å². The first kappa shape index (κ1) is 24.1. The predicted molar refractivity (Wildman–Crippen MR) is 126 cm³/mol. The smallest absolute Gasteiger partial charge is 0.317 e. The Morgan fingerprint density at radius 1 is 1.16 bits per heavy atom. The van der Waals surface area contributed by atoms with E-state index in [1.54, 1.807) is 12.1 Å². The monoisotopic (exact) mass is 441 g/mol. The largest absolute Gasteiger partial charge is 0.493 e. The zero-order chi connectivity index (χ0) is 22.9. The van der Waals surface area contributed by atoms with Crippen molar-refractivity contribution in [2.45, 2.75) is 39.8 Å². The molecule has 0 aliphatic carbocycles.